The highest BCUT2D eigenvalue weighted by Gasteiger charge is 2.47. The van der Waals surface area contributed by atoms with Gasteiger partial charge in [-0.05, 0) is 54.3 Å². The van der Waals surface area contributed by atoms with Gasteiger partial charge in [0.15, 0.2) is 0 Å². The first-order valence-corrected chi connectivity index (χ1v) is 8.50. The number of alkyl halides is 3. The number of anilines is 1. The summed E-state index contributed by atoms with van der Waals surface area (Å²) < 4.78 is 41.2. The van der Waals surface area contributed by atoms with Gasteiger partial charge >= 0.3 is 6.18 Å². The van der Waals surface area contributed by atoms with Crippen molar-refractivity contribution in [2.24, 2.45) is 5.92 Å². The third-order valence-electron chi connectivity index (χ3n) is 4.70. The lowest BCUT2D eigenvalue weighted by Gasteiger charge is -2.12. The van der Waals surface area contributed by atoms with Crippen molar-refractivity contribution in [3.63, 3.8) is 0 Å². The molecule has 1 aromatic heterocycles. The van der Waals surface area contributed by atoms with Crippen LogP contribution in [0.25, 0.3) is 5.69 Å². The fraction of sp³-hybridized carbons (Fsp3) is 0.200. The molecule has 0 bridgehead atoms. The van der Waals surface area contributed by atoms with Gasteiger partial charge in [-0.1, -0.05) is 18.2 Å². The third-order valence-corrected chi connectivity index (χ3v) is 4.70. The molecule has 1 N–H and O–H groups in total. The molecule has 1 heterocycles. The number of nitrogens with zero attached hydrogens (tertiary/aromatic N) is 2. The number of halogens is 3. The SMILES string of the molecule is O=C(Nc1ccc(-n2cccn2)cc1)[C@H]1C[C@@H]1c1ccccc1C(F)(F)F. The Labute approximate surface area is 153 Å². The molecule has 138 valence electrons. The predicted octanol–water partition coefficient (Wildman–Crippen LogP) is 4.63. The van der Waals surface area contributed by atoms with E-state index >= 15 is 0 Å². The second kappa shape index (κ2) is 6.57. The number of carbonyl (C=O) groups excluding carboxylic acids is 1. The lowest BCUT2D eigenvalue weighted by molar-refractivity contribution is -0.138. The maximum Gasteiger partial charge on any atom is 0.416 e. The Kier molecular flexibility index (Phi) is 4.22. The molecule has 1 aliphatic carbocycles. The predicted molar refractivity (Wildman–Crippen MR) is 94.5 cm³/mol. The fourth-order valence-electron chi connectivity index (χ4n) is 3.26. The molecule has 1 amide bonds. The van der Waals surface area contributed by atoms with E-state index in [9.17, 15) is 18.0 Å². The Bertz CT molecular complexity index is 949. The maximum absolute atomic E-state index is 13.2. The van der Waals surface area contributed by atoms with Crippen LogP contribution in [0.3, 0.4) is 0 Å². The summed E-state index contributed by atoms with van der Waals surface area (Å²) in [7, 11) is 0. The van der Waals surface area contributed by atoms with E-state index in [2.05, 4.69) is 10.4 Å². The van der Waals surface area contributed by atoms with Crippen molar-refractivity contribution < 1.29 is 18.0 Å². The molecule has 0 spiro atoms. The van der Waals surface area contributed by atoms with E-state index in [-0.39, 0.29) is 11.5 Å². The van der Waals surface area contributed by atoms with Crippen molar-refractivity contribution in [3.8, 4) is 5.69 Å². The van der Waals surface area contributed by atoms with Crippen LogP contribution in [0.15, 0.2) is 67.0 Å². The lowest BCUT2D eigenvalue weighted by Crippen LogP contribution is -2.15. The van der Waals surface area contributed by atoms with Crippen LogP contribution < -0.4 is 5.32 Å². The Morgan fingerprint density at radius 1 is 1.07 bits per heavy atom. The van der Waals surface area contributed by atoms with E-state index in [1.165, 1.54) is 12.1 Å². The van der Waals surface area contributed by atoms with Crippen LogP contribution in [0, 0.1) is 5.92 Å². The minimum Gasteiger partial charge on any atom is -0.326 e. The van der Waals surface area contributed by atoms with Crippen LogP contribution >= 0.6 is 0 Å². The standard InChI is InChI=1S/C20H16F3N3O/c21-20(22,23)18-5-2-1-4-15(18)16-12-17(16)19(27)25-13-6-8-14(9-7-13)26-11-3-10-24-26/h1-11,16-17H,12H2,(H,25,27)/t16-,17+/m1/s1. The van der Waals surface area contributed by atoms with Gasteiger partial charge in [0.05, 0.1) is 11.3 Å². The number of rotatable bonds is 4. The highest BCUT2D eigenvalue weighted by atomic mass is 19.4. The molecule has 2 aromatic carbocycles. The summed E-state index contributed by atoms with van der Waals surface area (Å²) >= 11 is 0. The Morgan fingerprint density at radius 2 is 1.81 bits per heavy atom. The molecule has 27 heavy (non-hydrogen) atoms. The molecular weight excluding hydrogens is 355 g/mol. The molecule has 1 fully saturated rings. The van der Waals surface area contributed by atoms with Crippen LogP contribution in [0.5, 0.6) is 0 Å². The zero-order valence-electron chi connectivity index (χ0n) is 14.1. The summed E-state index contributed by atoms with van der Waals surface area (Å²) in [6.07, 6.45) is -0.519. The zero-order chi connectivity index (χ0) is 19.0. The smallest absolute Gasteiger partial charge is 0.326 e. The average Bonchev–Trinajstić information content (AvgIpc) is 3.27. The molecule has 2 atom stereocenters. The Hall–Kier alpha value is -3.09. The first kappa shape index (κ1) is 17.3. The Balaban J connectivity index is 1.44. The second-order valence-electron chi connectivity index (χ2n) is 6.52. The van der Waals surface area contributed by atoms with Gasteiger partial charge in [0.1, 0.15) is 0 Å². The van der Waals surface area contributed by atoms with E-state index in [0.29, 0.717) is 12.1 Å². The molecule has 7 heteroatoms. The molecule has 0 saturated heterocycles. The zero-order valence-corrected chi connectivity index (χ0v) is 14.1. The summed E-state index contributed by atoms with van der Waals surface area (Å²) in [5.74, 6) is -1.10. The topological polar surface area (TPSA) is 46.9 Å². The summed E-state index contributed by atoms with van der Waals surface area (Å²) in [5.41, 5.74) is 0.986. The molecule has 4 rings (SSSR count). The molecule has 0 unspecified atom stereocenters. The van der Waals surface area contributed by atoms with Crippen LogP contribution in [0.4, 0.5) is 18.9 Å². The molecule has 0 radical (unpaired) electrons. The van der Waals surface area contributed by atoms with Gasteiger partial charge in [-0.3, -0.25) is 4.79 Å². The van der Waals surface area contributed by atoms with Gasteiger partial charge < -0.3 is 5.32 Å². The van der Waals surface area contributed by atoms with Crippen molar-refractivity contribution in [3.05, 3.63) is 78.1 Å². The first-order valence-electron chi connectivity index (χ1n) is 8.50. The van der Waals surface area contributed by atoms with Crippen molar-refractivity contribution in [1.29, 1.82) is 0 Å². The van der Waals surface area contributed by atoms with Gasteiger partial charge in [0.2, 0.25) is 5.91 Å². The maximum atomic E-state index is 13.2. The minimum atomic E-state index is -4.41. The average molecular weight is 371 g/mol. The second-order valence-corrected chi connectivity index (χ2v) is 6.52. The molecule has 1 aliphatic rings. The van der Waals surface area contributed by atoms with Crippen molar-refractivity contribution in [2.45, 2.75) is 18.5 Å². The van der Waals surface area contributed by atoms with E-state index in [1.54, 1.807) is 35.3 Å². The lowest BCUT2D eigenvalue weighted by atomic mass is 10.0. The molecule has 0 aliphatic heterocycles. The molecular formula is C20H16F3N3O. The molecule has 3 aromatic rings. The largest absolute Gasteiger partial charge is 0.416 e. The number of aromatic nitrogens is 2. The highest BCUT2D eigenvalue weighted by molar-refractivity contribution is 5.95. The van der Waals surface area contributed by atoms with Crippen LogP contribution in [0.1, 0.15) is 23.5 Å². The number of hydrogen-bond acceptors (Lipinski definition) is 2. The van der Waals surface area contributed by atoms with Crippen molar-refractivity contribution in [1.82, 2.24) is 9.78 Å². The number of hydrogen-bond donors (Lipinski definition) is 1. The number of amides is 1. The van der Waals surface area contributed by atoms with Crippen LogP contribution in [-0.2, 0) is 11.0 Å². The van der Waals surface area contributed by atoms with Gasteiger partial charge in [-0.25, -0.2) is 4.68 Å². The number of carbonyl (C=O) groups is 1. The highest BCUT2D eigenvalue weighted by Crippen LogP contribution is 2.51. The Morgan fingerprint density at radius 3 is 2.48 bits per heavy atom. The summed E-state index contributed by atoms with van der Waals surface area (Å²) in [6.45, 7) is 0. The van der Waals surface area contributed by atoms with E-state index in [1.807, 2.05) is 18.2 Å². The molecule has 1 saturated carbocycles. The number of nitrogens with one attached hydrogen (secondary N) is 1. The van der Waals surface area contributed by atoms with E-state index < -0.39 is 23.6 Å². The van der Waals surface area contributed by atoms with Gasteiger partial charge in [-0.2, -0.15) is 18.3 Å². The minimum absolute atomic E-state index is 0.194. The van der Waals surface area contributed by atoms with Gasteiger partial charge in [0.25, 0.3) is 0 Å². The fourth-order valence-corrected chi connectivity index (χ4v) is 3.26. The number of benzene rings is 2. The van der Waals surface area contributed by atoms with Gasteiger partial charge in [0, 0.05) is 24.0 Å². The molecule has 4 nitrogen and oxygen atoms in total. The summed E-state index contributed by atoms with van der Waals surface area (Å²) in [4.78, 5) is 12.4. The van der Waals surface area contributed by atoms with Crippen molar-refractivity contribution in [2.75, 3.05) is 5.32 Å². The monoisotopic (exact) mass is 371 g/mol. The van der Waals surface area contributed by atoms with Crippen LogP contribution in [-0.4, -0.2) is 15.7 Å². The summed E-state index contributed by atoms with van der Waals surface area (Å²) in [5, 5.41) is 6.91. The first-order chi connectivity index (χ1) is 12.9. The third kappa shape index (κ3) is 3.58. The normalized spacial score (nSPS) is 18.9. The van der Waals surface area contributed by atoms with E-state index in [0.717, 1.165) is 11.8 Å². The van der Waals surface area contributed by atoms with Crippen molar-refractivity contribution >= 4 is 11.6 Å². The quantitative estimate of drug-likeness (QED) is 0.727. The van der Waals surface area contributed by atoms with Crippen LogP contribution in [0.2, 0.25) is 0 Å². The summed E-state index contributed by atoms with van der Waals surface area (Å²) in [6, 6.07) is 14.4. The van der Waals surface area contributed by atoms with E-state index in [4.69, 9.17) is 0 Å². The van der Waals surface area contributed by atoms with Gasteiger partial charge in [-0.15, -0.1) is 0 Å².